The Hall–Kier alpha value is -2.72. The van der Waals surface area contributed by atoms with Gasteiger partial charge < -0.3 is 4.90 Å². The fraction of sp³-hybridized carbons (Fsp3) is 0.100. The van der Waals surface area contributed by atoms with E-state index in [4.69, 9.17) is 11.6 Å². The summed E-state index contributed by atoms with van der Waals surface area (Å²) in [4.78, 5) is 18.7. The van der Waals surface area contributed by atoms with E-state index in [0.29, 0.717) is 17.8 Å². The molecule has 5 heteroatoms. The van der Waals surface area contributed by atoms with E-state index in [2.05, 4.69) is 4.98 Å². The highest BCUT2D eigenvalue weighted by atomic mass is 35.5. The van der Waals surface area contributed by atoms with Gasteiger partial charge in [0.1, 0.15) is 5.82 Å². The lowest BCUT2D eigenvalue weighted by atomic mass is 10.1. The first kappa shape index (κ1) is 17.1. The van der Waals surface area contributed by atoms with E-state index in [0.717, 1.165) is 11.1 Å². The molecule has 0 aliphatic rings. The molecule has 0 unspecified atom stereocenters. The second-order valence-corrected chi connectivity index (χ2v) is 6.07. The lowest BCUT2D eigenvalue weighted by Crippen LogP contribution is -2.31. The molecule has 0 spiro atoms. The van der Waals surface area contributed by atoms with Crippen LogP contribution in [-0.4, -0.2) is 10.9 Å². The number of hydrogen-bond donors (Lipinski definition) is 0. The number of benzene rings is 2. The highest BCUT2D eigenvalue weighted by Crippen LogP contribution is 2.26. The fourth-order valence-corrected chi connectivity index (χ4v) is 2.73. The van der Waals surface area contributed by atoms with Crippen LogP contribution in [0.15, 0.2) is 67.0 Å². The van der Waals surface area contributed by atoms with E-state index < -0.39 is 5.82 Å². The molecular formula is C20H16ClFN2O. The molecule has 25 heavy (non-hydrogen) atoms. The van der Waals surface area contributed by atoms with Crippen molar-refractivity contribution in [1.29, 1.82) is 0 Å². The monoisotopic (exact) mass is 354 g/mol. The van der Waals surface area contributed by atoms with E-state index in [1.807, 2.05) is 37.3 Å². The number of anilines is 1. The predicted molar refractivity (Wildman–Crippen MR) is 97.3 cm³/mol. The number of pyridine rings is 1. The number of carbonyl (C=O) groups is 1. The van der Waals surface area contributed by atoms with Crippen LogP contribution in [0.1, 0.15) is 21.5 Å². The molecule has 0 N–H and O–H groups in total. The molecule has 0 saturated carbocycles. The molecule has 3 rings (SSSR count). The number of nitrogens with zero attached hydrogens (tertiary/aromatic N) is 2. The van der Waals surface area contributed by atoms with Crippen molar-refractivity contribution in [3.05, 3.63) is 94.5 Å². The van der Waals surface area contributed by atoms with Gasteiger partial charge >= 0.3 is 0 Å². The molecule has 1 aromatic heterocycles. The lowest BCUT2D eigenvalue weighted by Gasteiger charge is -2.24. The fourth-order valence-electron chi connectivity index (χ4n) is 2.56. The Bertz CT molecular complexity index is 899. The highest BCUT2D eigenvalue weighted by Gasteiger charge is 2.20. The Morgan fingerprint density at radius 1 is 1.16 bits per heavy atom. The molecule has 0 saturated heterocycles. The number of aryl methyl sites for hydroxylation is 1. The third-order valence-electron chi connectivity index (χ3n) is 3.89. The summed E-state index contributed by atoms with van der Waals surface area (Å²) in [5.41, 5.74) is 2.82. The maximum Gasteiger partial charge on any atom is 0.258 e. The van der Waals surface area contributed by atoms with Crippen molar-refractivity contribution in [3.8, 4) is 0 Å². The van der Waals surface area contributed by atoms with Crippen molar-refractivity contribution in [2.75, 3.05) is 4.90 Å². The van der Waals surface area contributed by atoms with Crippen molar-refractivity contribution in [2.24, 2.45) is 0 Å². The van der Waals surface area contributed by atoms with Crippen LogP contribution in [-0.2, 0) is 6.54 Å². The first-order chi connectivity index (χ1) is 12.1. The molecule has 1 heterocycles. The molecule has 0 radical (unpaired) electrons. The maximum absolute atomic E-state index is 13.5. The van der Waals surface area contributed by atoms with Gasteiger partial charge in [0.2, 0.25) is 0 Å². The average molecular weight is 355 g/mol. The zero-order valence-electron chi connectivity index (χ0n) is 13.6. The molecule has 3 nitrogen and oxygen atoms in total. The van der Waals surface area contributed by atoms with Crippen LogP contribution < -0.4 is 4.90 Å². The van der Waals surface area contributed by atoms with Gasteiger partial charge in [-0.25, -0.2) is 4.39 Å². The van der Waals surface area contributed by atoms with Crippen molar-refractivity contribution >= 4 is 23.2 Å². The molecule has 1 amide bonds. The summed E-state index contributed by atoms with van der Waals surface area (Å²) < 4.78 is 13.5. The van der Waals surface area contributed by atoms with Gasteiger partial charge in [-0.05, 0) is 42.3 Å². The second-order valence-electron chi connectivity index (χ2n) is 5.67. The summed E-state index contributed by atoms with van der Waals surface area (Å²) in [5.74, 6) is -0.705. The van der Waals surface area contributed by atoms with E-state index >= 15 is 0 Å². The molecule has 0 fully saturated rings. The number of halogens is 2. The summed E-state index contributed by atoms with van der Waals surface area (Å²) in [6.45, 7) is 2.18. The smallest absolute Gasteiger partial charge is 0.258 e. The third-order valence-corrected chi connectivity index (χ3v) is 4.18. The first-order valence-electron chi connectivity index (χ1n) is 7.77. The normalized spacial score (nSPS) is 10.5. The van der Waals surface area contributed by atoms with Crippen LogP contribution >= 0.6 is 11.6 Å². The van der Waals surface area contributed by atoms with Crippen molar-refractivity contribution in [2.45, 2.75) is 13.5 Å². The quantitative estimate of drug-likeness (QED) is 0.658. The Morgan fingerprint density at radius 2 is 1.92 bits per heavy atom. The number of carbonyl (C=O) groups excluding carboxylic acids is 1. The number of aromatic nitrogens is 1. The molecule has 0 bridgehead atoms. The van der Waals surface area contributed by atoms with E-state index in [1.165, 1.54) is 12.1 Å². The molecule has 0 atom stereocenters. The van der Waals surface area contributed by atoms with Crippen molar-refractivity contribution < 1.29 is 9.18 Å². The Balaban J connectivity index is 2.03. The minimum absolute atomic E-state index is 0.0187. The molecule has 0 aliphatic carbocycles. The molecular weight excluding hydrogens is 339 g/mol. The van der Waals surface area contributed by atoms with Crippen LogP contribution in [0.3, 0.4) is 0 Å². The molecule has 0 aliphatic heterocycles. The van der Waals surface area contributed by atoms with Crippen LogP contribution in [0.25, 0.3) is 0 Å². The standard InChI is InChI=1S/C20H16ClFN2O/c1-14-12-23-10-9-17(14)20(25)24(13-15-5-3-2-4-6-15)16-7-8-19(22)18(21)11-16/h2-12H,13H2,1H3. The minimum Gasteiger partial charge on any atom is -0.304 e. The summed E-state index contributed by atoms with van der Waals surface area (Å²) >= 11 is 5.92. The zero-order chi connectivity index (χ0) is 17.8. The largest absolute Gasteiger partial charge is 0.304 e. The molecule has 126 valence electrons. The van der Waals surface area contributed by atoms with Gasteiger partial charge in [-0.3, -0.25) is 9.78 Å². The van der Waals surface area contributed by atoms with Gasteiger partial charge in [-0.15, -0.1) is 0 Å². The number of amides is 1. The van der Waals surface area contributed by atoms with Crippen LogP contribution in [0, 0.1) is 12.7 Å². The summed E-state index contributed by atoms with van der Waals surface area (Å²) in [7, 11) is 0. The average Bonchev–Trinajstić information content (AvgIpc) is 2.63. The van der Waals surface area contributed by atoms with Crippen LogP contribution in [0.2, 0.25) is 5.02 Å². The topological polar surface area (TPSA) is 33.2 Å². The minimum atomic E-state index is -0.516. The summed E-state index contributed by atoms with van der Waals surface area (Å²) in [5, 5.41) is -0.0187. The Kier molecular flexibility index (Phi) is 5.10. The van der Waals surface area contributed by atoms with Gasteiger partial charge in [0, 0.05) is 23.6 Å². The Morgan fingerprint density at radius 3 is 2.60 bits per heavy atom. The predicted octanol–water partition coefficient (Wildman–Crippen LogP) is 5.03. The first-order valence-corrected chi connectivity index (χ1v) is 8.15. The zero-order valence-corrected chi connectivity index (χ0v) is 14.4. The SMILES string of the molecule is Cc1cnccc1C(=O)N(Cc1ccccc1)c1ccc(F)c(Cl)c1. The van der Waals surface area contributed by atoms with Gasteiger partial charge in [0.15, 0.2) is 0 Å². The van der Waals surface area contributed by atoms with Crippen LogP contribution in [0.5, 0.6) is 0 Å². The van der Waals surface area contributed by atoms with E-state index in [-0.39, 0.29) is 10.9 Å². The molecule has 3 aromatic rings. The third kappa shape index (κ3) is 3.86. The second kappa shape index (κ2) is 7.45. The summed E-state index contributed by atoms with van der Waals surface area (Å²) in [6.07, 6.45) is 3.23. The van der Waals surface area contributed by atoms with E-state index in [1.54, 1.807) is 29.4 Å². The molecule has 2 aromatic carbocycles. The van der Waals surface area contributed by atoms with Crippen molar-refractivity contribution in [1.82, 2.24) is 4.98 Å². The lowest BCUT2D eigenvalue weighted by molar-refractivity contribution is 0.0984. The van der Waals surface area contributed by atoms with Crippen molar-refractivity contribution in [3.63, 3.8) is 0 Å². The number of hydrogen-bond acceptors (Lipinski definition) is 2. The number of rotatable bonds is 4. The van der Waals surface area contributed by atoms with Gasteiger partial charge in [-0.1, -0.05) is 41.9 Å². The maximum atomic E-state index is 13.5. The van der Waals surface area contributed by atoms with Gasteiger partial charge in [0.25, 0.3) is 5.91 Å². The highest BCUT2D eigenvalue weighted by molar-refractivity contribution is 6.31. The summed E-state index contributed by atoms with van der Waals surface area (Å²) in [6, 6.07) is 15.6. The van der Waals surface area contributed by atoms with Gasteiger partial charge in [0.05, 0.1) is 11.6 Å². The van der Waals surface area contributed by atoms with Gasteiger partial charge in [-0.2, -0.15) is 0 Å². The van der Waals surface area contributed by atoms with E-state index in [9.17, 15) is 9.18 Å². The van der Waals surface area contributed by atoms with Crippen LogP contribution in [0.4, 0.5) is 10.1 Å². The Labute approximate surface area is 150 Å².